The summed E-state index contributed by atoms with van der Waals surface area (Å²) in [5, 5.41) is 2.84. The maximum Gasteiger partial charge on any atom is 0.422 e. The molecule has 0 aliphatic heterocycles. The molecule has 0 atom stereocenters. The van der Waals surface area contributed by atoms with E-state index in [1.807, 2.05) is 45.9 Å². The van der Waals surface area contributed by atoms with Gasteiger partial charge in [-0.15, -0.1) is 0 Å². The van der Waals surface area contributed by atoms with E-state index in [1.54, 1.807) is 37.7 Å². The normalized spacial score (nSPS) is 11.2. The van der Waals surface area contributed by atoms with Crippen molar-refractivity contribution in [1.29, 1.82) is 0 Å². The van der Waals surface area contributed by atoms with Gasteiger partial charge in [-0.05, 0) is 32.6 Å². The highest BCUT2D eigenvalue weighted by Gasteiger charge is 2.24. The number of halogens is 1. The Morgan fingerprint density at radius 1 is 0.938 bits per heavy atom. The van der Waals surface area contributed by atoms with Crippen LogP contribution in [0.1, 0.15) is 48.5 Å². The predicted molar refractivity (Wildman–Crippen MR) is 117 cm³/mol. The van der Waals surface area contributed by atoms with Gasteiger partial charge in [-0.2, -0.15) is 4.57 Å². The van der Waals surface area contributed by atoms with Gasteiger partial charge in [0.25, 0.3) is 5.91 Å². The maximum atomic E-state index is 13.0. The summed E-state index contributed by atoms with van der Waals surface area (Å²) < 4.78 is 7.02. The number of hydrogen-bond donors (Lipinski definition) is 2. The number of nitrogens with zero attached hydrogens (tertiary/aromatic N) is 3. The number of rotatable bonds is 9. The summed E-state index contributed by atoms with van der Waals surface area (Å²) in [6.07, 6.45) is 2.94. The van der Waals surface area contributed by atoms with Crippen LogP contribution in [0.2, 0.25) is 0 Å². The molecule has 3 amide bonds. The summed E-state index contributed by atoms with van der Waals surface area (Å²) in [6, 6.07) is 5.52. The number of aromatic nitrogens is 1. The molecule has 182 valence electrons. The minimum atomic E-state index is -0.648. The van der Waals surface area contributed by atoms with Crippen molar-refractivity contribution in [3.05, 3.63) is 30.6 Å². The van der Waals surface area contributed by atoms with Crippen molar-refractivity contribution in [2.75, 3.05) is 19.6 Å². The van der Waals surface area contributed by atoms with Crippen molar-refractivity contribution in [2.45, 2.75) is 60.6 Å². The first-order chi connectivity index (χ1) is 14.4. The van der Waals surface area contributed by atoms with Crippen molar-refractivity contribution in [2.24, 2.45) is 11.8 Å². The van der Waals surface area contributed by atoms with Gasteiger partial charge in [0.1, 0.15) is 5.60 Å². The summed E-state index contributed by atoms with van der Waals surface area (Å²) in [5.41, 5.74) is 4.70. The van der Waals surface area contributed by atoms with E-state index in [0.717, 1.165) is 0 Å². The molecular formula is C22H38BrN5O4. The van der Waals surface area contributed by atoms with Crippen LogP contribution in [0.3, 0.4) is 0 Å². The number of pyridine rings is 1. The van der Waals surface area contributed by atoms with Crippen LogP contribution in [0.5, 0.6) is 0 Å². The van der Waals surface area contributed by atoms with Gasteiger partial charge in [-0.1, -0.05) is 33.8 Å². The van der Waals surface area contributed by atoms with Crippen LogP contribution >= 0.6 is 0 Å². The smallest absolute Gasteiger partial charge is 0.422 e. The van der Waals surface area contributed by atoms with Gasteiger partial charge >= 0.3 is 12.0 Å². The Morgan fingerprint density at radius 3 is 2.00 bits per heavy atom. The molecule has 1 rings (SSSR count). The van der Waals surface area contributed by atoms with E-state index >= 15 is 0 Å². The molecule has 0 aliphatic rings. The number of hydrogen-bond acceptors (Lipinski definition) is 5. The molecule has 0 radical (unpaired) electrons. The molecule has 9 nitrogen and oxygen atoms in total. The third-order valence-electron chi connectivity index (χ3n) is 3.77. The fourth-order valence-corrected chi connectivity index (χ4v) is 2.74. The molecule has 1 heterocycles. The minimum Gasteiger partial charge on any atom is -1.00 e. The average molecular weight is 516 g/mol. The van der Waals surface area contributed by atoms with Gasteiger partial charge in [0.15, 0.2) is 12.4 Å². The zero-order valence-corrected chi connectivity index (χ0v) is 21.8. The van der Waals surface area contributed by atoms with Gasteiger partial charge < -0.3 is 21.7 Å². The summed E-state index contributed by atoms with van der Waals surface area (Å²) in [4.78, 5) is 37.7. The molecule has 0 saturated carbocycles. The van der Waals surface area contributed by atoms with Crippen LogP contribution in [0, 0.1) is 11.8 Å². The molecule has 10 heteroatoms. The first-order valence-electron chi connectivity index (χ1n) is 10.6. The fourth-order valence-electron chi connectivity index (χ4n) is 2.74. The lowest BCUT2D eigenvalue weighted by atomic mass is 10.2. The van der Waals surface area contributed by atoms with Crippen molar-refractivity contribution in [3.8, 4) is 0 Å². The van der Waals surface area contributed by atoms with E-state index in [9.17, 15) is 14.4 Å². The van der Waals surface area contributed by atoms with E-state index in [4.69, 9.17) is 4.74 Å². The SMILES string of the molecule is CC(C)CN(CC(=O)N(CC(C)C)NC(=O)C[n+]1ccccc1)NC(=O)OC(C)(C)C.[Br-]. The van der Waals surface area contributed by atoms with Crippen molar-refractivity contribution < 1.29 is 40.7 Å². The van der Waals surface area contributed by atoms with E-state index in [-0.39, 0.29) is 53.7 Å². The third kappa shape index (κ3) is 13.3. The minimum absolute atomic E-state index is 0. The monoisotopic (exact) mass is 515 g/mol. The second-order valence-electron chi connectivity index (χ2n) is 9.37. The first-order valence-corrected chi connectivity index (χ1v) is 10.6. The lowest BCUT2D eigenvalue weighted by Gasteiger charge is -2.30. The molecule has 1 aromatic rings. The number of carbonyl (C=O) groups is 3. The zero-order valence-electron chi connectivity index (χ0n) is 20.2. The molecule has 0 aromatic carbocycles. The fraction of sp³-hybridized carbons (Fsp3) is 0.636. The number of hydrazine groups is 2. The highest BCUT2D eigenvalue weighted by atomic mass is 79.9. The van der Waals surface area contributed by atoms with Crippen LogP contribution in [-0.2, 0) is 20.9 Å². The maximum absolute atomic E-state index is 13.0. The van der Waals surface area contributed by atoms with Crippen molar-refractivity contribution >= 4 is 17.9 Å². The topological polar surface area (TPSA) is 94.9 Å². The summed E-state index contributed by atoms with van der Waals surface area (Å²) in [7, 11) is 0. The Labute approximate surface area is 202 Å². The van der Waals surface area contributed by atoms with Gasteiger partial charge in [0.2, 0.25) is 6.54 Å². The molecule has 0 spiro atoms. The summed E-state index contributed by atoms with van der Waals surface area (Å²) in [5.74, 6) is -0.283. The van der Waals surface area contributed by atoms with Crippen molar-refractivity contribution in [1.82, 2.24) is 20.9 Å². The number of carbonyl (C=O) groups excluding carboxylic acids is 3. The van der Waals surface area contributed by atoms with Gasteiger partial charge in [-0.25, -0.2) is 9.80 Å². The van der Waals surface area contributed by atoms with Crippen LogP contribution in [-0.4, -0.2) is 53.2 Å². The molecular weight excluding hydrogens is 478 g/mol. The second-order valence-corrected chi connectivity index (χ2v) is 9.37. The van der Waals surface area contributed by atoms with E-state index in [0.29, 0.717) is 13.1 Å². The molecule has 0 unspecified atom stereocenters. The van der Waals surface area contributed by atoms with Gasteiger partial charge in [0.05, 0.1) is 6.54 Å². The largest absolute Gasteiger partial charge is 1.00 e. The summed E-state index contributed by atoms with van der Waals surface area (Å²) >= 11 is 0. The number of amides is 3. The molecule has 32 heavy (non-hydrogen) atoms. The Bertz CT molecular complexity index is 723. The van der Waals surface area contributed by atoms with E-state index in [1.165, 1.54) is 10.0 Å². The van der Waals surface area contributed by atoms with Crippen LogP contribution < -0.4 is 32.4 Å². The molecule has 0 aliphatic carbocycles. The lowest BCUT2D eigenvalue weighted by Crippen LogP contribution is -3.00. The van der Waals surface area contributed by atoms with E-state index in [2.05, 4.69) is 10.9 Å². The molecule has 0 saturated heterocycles. The Kier molecular flexibility index (Phi) is 13.1. The third-order valence-corrected chi connectivity index (χ3v) is 3.77. The highest BCUT2D eigenvalue weighted by Crippen LogP contribution is 2.07. The predicted octanol–water partition coefficient (Wildman–Crippen LogP) is -1.11. The lowest BCUT2D eigenvalue weighted by molar-refractivity contribution is -0.684. The van der Waals surface area contributed by atoms with Crippen molar-refractivity contribution in [3.63, 3.8) is 0 Å². The van der Waals surface area contributed by atoms with Crippen LogP contribution in [0.15, 0.2) is 30.6 Å². The second kappa shape index (κ2) is 14.1. The summed E-state index contributed by atoms with van der Waals surface area (Å²) in [6.45, 7) is 14.0. The quantitative estimate of drug-likeness (QED) is 0.321. The standard InChI is InChI=1S/C22H37N5O4.BrH/c1-17(2)13-26(24-21(30)31-22(5,6)7)16-20(29)27(14-18(3)4)23-19(28)15-25-11-9-8-10-12-25;/h8-12,17-18H,13-16H2,1-7H3,(H-,23,24,28,30);1H. The molecule has 1 aromatic heterocycles. The molecule has 2 N–H and O–H groups in total. The van der Waals surface area contributed by atoms with Gasteiger partial charge in [0, 0.05) is 25.2 Å². The zero-order chi connectivity index (χ0) is 23.6. The van der Waals surface area contributed by atoms with Gasteiger partial charge in [-0.3, -0.25) is 25.4 Å². The number of nitrogens with one attached hydrogen (secondary N) is 2. The Hall–Kier alpha value is -2.20. The number of ether oxygens (including phenoxy) is 1. The van der Waals surface area contributed by atoms with Crippen LogP contribution in [0.25, 0.3) is 0 Å². The Morgan fingerprint density at radius 2 is 1.50 bits per heavy atom. The Balaban J connectivity index is 0.00000961. The van der Waals surface area contributed by atoms with Crippen LogP contribution in [0.4, 0.5) is 4.79 Å². The highest BCUT2D eigenvalue weighted by molar-refractivity contribution is 5.83. The molecule has 0 bridgehead atoms. The van der Waals surface area contributed by atoms with E-state index < -0.39 is 11.7 Å². The first kappa shape index (κ1) is 29.8. The molecule has 0 fully saturated rings. The average Bonchev–Trinajstić information content (AvgIpc) is 2.59.